The standard InChI is InChI=1S/C34H43ClF3N7O5S/c1-31(2,3)50-30(47)45-22(13-15-32(45,4)5)8-7-19-39-24-9-6-10-27(40-24)51(48)43-29(46)23-11-12-25(41-28(23)35)44-20-14-26(42-44)49-21-18-33(16-17-33)34(36,37)38/h6,9-12,14,20,22H,7-8,13,15-19,21H2,1-5H3,(H,39,40)(H,43,46). The second kappa shape index (κ2) is 15.0. The van der Waals surface area contributed by atoms with E-state index >= 15 is 0 Å². The zero-order chi connectivity index (χ0) is 37.2. The molecule has 1 saturated carbocycles. The Morgan fingerprint density at radius 1 is 1.08 bits per heavy atom. The Balaban J connectivity index is 1.10. The lowest BCUT2D eigenvalue weighted by molar-refractivity contribution is -0.190. The minimum Gasteiger partial charge on any atom is -0.477 e. The molecule has 2 amide bonds. The number of ether oxygens (including phenoxy) is 2. The molecule has 17 heteroatoms. The molecule has 2 N–H and O–H groups in total. The second-order valence-electron chi connectivity index (χ2n) is 14.5. The van der Waals surface area contributed by atoms with Gasteiger partial charge in [-0.15, -0.1) is 5.10 Å². The van der Waals surface area contributed by atoms with Gasteiger partial charge >= 0.3 is 12.3 Å². The number of anilines is 1. The van der Waals surface area contributed by atoms with Gasteiger partial charge in [0, 0.05) is 30.4 Å². The van der Waals surface area contributed by atoms with Crippen molar-refractivity contribution in [2.75, 3.05) is 18.5 Å². The number of aromatic nitrogens is 4. The fourth-order valence-electron chi connectivity index (χ4n) is 6.02. The molecular weight excluding hydrogens is 711 g/mol. The molecule has 1 saturated heterocycles. The Hall–Kier alpha value is -3.92. The highest BCUT2D eigenvalue weighted by molar-refractivity contribution is 7.83. The average molecular weight is 754 g/mol. The van der Waals surface area contributed by atoms with Crippen molar-refractivity contribution < 1.29 is 36.4 Å². The molecule has 0 aromatic carbocycles. The summed E-state index contributed by atoms with van der Waals surface area (Å²) in [6.07, 6.45) is 0.295. The third kappa shape index (κ3) is 9.50. The summed E-state index contributed by atoms with van der Waals surface area (Å²) in [5.74, 6) is 0.0887. The molecule has 3 aromatic heterocycles. The number of halogens is 4. The van der Waals surface area contributed by atoms with E-state index in [9.17, 15) is 27.0 Å². The predicted molar refractivity (Wildman–Crippen MR) is 185 cm³/mol. The molecule has 2 unspecified atom stereocenters. The van der Waals surface area contributed by atoms with Crippen molar-refractivity contribution in [2.24, 2.45) is 5.41 Å². The van der Waals surface area contributed by atoms with Crippen LogP contribution >= 0.6 is 11.6 Å². The minimum atomic E-state index is -4.25. The van der Waals surface area contributed by atoms with Crippen LogP contribution in [0.4, 0.5) is 23.8 Å². The number of alkyl halides is 3. The molecule has 0 radical (unpaired) electrons. The Bertz CT molecular complexity index is 1760. The highest BCUT2D eigenvalue weighted by atomic mass is 35.5. The third-order valence-corrected chi connectivity index (χ3v) is 10.2. The van der Waals surface area contributed by atoms with Crippen molar-refractivity contribution >= 4 is 40.4 Å². The largest absolute Gasteiger partial charge is 0.477 e. The van der Waals surface area contributed by atoms with Crippen molar-refractivity contribution in [3.05, 3.63) is 53.3 Å². The van der Waals surface area contributed by atoms with Crippen LogP contribution in [0.25, 0.3) is 5.82 Å². The van der Waals surface area contributed by atoms with Crippen LogP contribution < -0.4 is 14.8 Å². The zero-order valence-corrected chi connectivity index (χ0v) is 30.8. The van der Waals surface area contributed by atoms with E-state index < -0.39 is 34.1 Å². The number of nitrogens with zero attached hydrogens (tertiary/aromatic N) is 5. The van der Waals surface area contributed by atoms with Gasteiger partial charge in [-0.25, -0.2) is 23.7 Å². The molecular formula is C34H43ClF3N7O5S. The van der Waals surface area contributed by atoms with Crippen LogP contribution in [0.1, 0.15) is 89.9 Å². The number of rotatable bonds is 13. The molecule has 0 bridgehead atoms. The normalized spacial score (nSPS) is 18.6. The van der Waals surface area contributed by atoms with E-state index in [1.54, 1.807) is 12.1 Å². The maximum atomic E-state index is 13.2. The van der Waals surface area contributed by atoms with Gasteiger partial charge in [0.15, 0.2) is 21.8 Å². The summed E-state index contributed by atoms with van der Waals surface area (Å²) in [5.41, 5.74) is -2.57. The first kappa shape index (κ1) is 38.3. The van der Waals surface area contributed by atoms with Gasteiger partial charge in [0.05, 0.1) is 17.6 Å². The summed E-state index contributed by atoms with van der Waals surface area (Å²) in [6, 6.07) is 9.31. The van der Waals surface area contributed by atoms with Gasteiger partial charge in [-0.2, -0.15) is 13.2 Å². The van der Waals surface area contributed by atoms with E-state index in [1.807, 2.05) is 25.7 Å². The van der Waals surface area contributed by atoms with Gasteiger partial charge in [0.2, 0.25) is 5.88 Å². The Kier molecular flexibility index (Phi) is 11.2. The van der Waals surface area contributed by atoms with Gasteiger partial charge < -0.3 is 19.7 Å². The smallest absolute Gasteiger partial charge is 0.410 e. The molecule has 1 aliphatic carbocycles. The summed E-state index contributed by atoms with van der Waals surface area (Å²) in [6.45, 7) is 10.1. The Morgan fingerprint density at radius 3 is 2.49 bits per heavy atom. The molecule has 278 valence electrons. The molecule has 1 aliphatic heterocycles. The van der Waals surface area contributed by atoms with Crippen LogP contribution in [0.15, 0.2) is 47.6 Å². The Morgan fingerprint density at radius 2 is 1.82 bits per heavy atom. The molecule has 2 aliphatic rings. The molecule has 2 atom stereocenters. The van der Waals surface area contributed by atoms with Crippen LogP contribution in [0.5, 0.6) is 5.88 Å². The summed E-state index contributed by atoms with van der Waals surface area (Å²) >= 11 is 6.30. The van der Waals surface area contributed by atoms with Crippen LogP contribution in [0.3, 0.4) is 0 Å². The maximum absolute atomic E-state index is 13.2. The molecule has 0 spiro atoms. The molecule has 2 fully saturated rings. The van der Waals surface area contributed by atoms with Gasteiger partial charge in [0.1, 0.15) is 16.6 Å². The lowest BCUT2D eigenvalue weighted by Gasteiger charge is -2.37. The number of carbonyl (C=O) groups is 2. The van der Waals surface area contributed by atoms with Crippen LogP contribution in [0, 0.1) is 5.41 Å². The molecule has 4 heterocycles. The fraction of sp³-hybridized carbons (Fsp3) is 0.559. The fourth-order valence-corrected chi connectivity index (χ4v) is 7.02. The zero-order valence-electron chi connectivity index (χ0n) is 29.2. The first-order valence-corrected chi connectivity index (χ1v) is 18.3. The summed E-state index contributed by atoms with van der Waals surface area (Å²) in [7, 11) is -2.02. The van der Waals surface area contributed by atoms with E-state index in [4.69, 9.17) is 21.1 Å². The minimum absolute atomic E-state index is 0.0379. The average Bonchev–Trinajstić information content (AvgIpc) is 3.58. The van der Waals surface area contributed by atoms with Gasteiger partial charge in [-0.05, 0) is 104 Å². The van der Waals surface area contributed by atoms with Crippen molar-refractivity contribution in [2.45, 2.75) is 108 Å². The number of hydrogen-bond donors (Lipinski definition) is 2. The van der Waals surface area contributed by atoms with Crippen molar-refractivity contribution in [3.8, 4) is 11.7 Å². The quantitative estimate of drug-likeness (QED) is 0.136. The molecule has 3 aromatic rings. The molecule has 51 heavy (non-hydrogen) atoms. The maximum Gasteiger partial charge on any atom is 0.410 e. The number of likely N-dealkylation sites (tertiary alicyclic amines) is 1. The first-order chi connectivity index (χ1) is 23.9. The topological polar surface area (TPSA) is 141 Å². The van der Waals surface area contributed by atoms with Crippen molar-refractivity contribution in [3.63, 3.8) is 0 Å². The highest BCUT2D eigenvalue weighted by Crippen LogP contribution is 2.59. The lowest BCUT2D eigenvalue weighted by atomic mass is 10.0. The first-order valence-electron chi connectivity index (χ1n) is 16.8. The number of nitrogens with one attached hydrogen (secondary N) is 2. The third-order valence-electron chi connectivity index (χ3n) is 8.98. The monoisotopic (exact) mass is 753 g/mol. The van der Waals surface area contributed by atoms with E-state index in [0.29, 0.717) is 12.4 Å². The number of hydrogen-bond acceptors (Lipinski definition) is 9. The van der Waals surface area contributed by atoms with Crippen molar-refractivity contribution in [1.29, 1.82) is 0 Å². The van der Waals surface area contributed by atoms with E-state index in [1.165, 1.54) is 35.1 Å². The second-order valence-corrected chi connectivity index (χ2v) is 16.0. The summed E-state index contributed by atoms with van der Waals surface area (Å²) < 4.78 is 67.3. The van der Waals surface area contributed by atoms with Crippen LogP contribution in [-0.2, 0) is 15.7 Å². The number of pyridine rings is 2. The Labute approximate surface area is 302 Å². The lowest BCUT2D eigenvalue weighted by Crippen LogP contribution is -2.49. The van der Waals surface area contributed by atoms with E-state index in [-0.39, 0.29) is 71.0 Å². The van der Waals surface area contributed by atoms with E-state index in [2.05, 4.69) is 39.0 Å². The predicted octanol–water partition coefficient (Wildman–Crippen LogP) is 7.25. The molecule has 5 rings (SSSR count). The summed E-state index contributed by atoms with van der Waals surface area (Å²) in [4.78, 5) is 36.4. The van der Waals surface area contributed by atoms with Gasteiger partial charge in [-0.1, -0.05) is 17.7 Å². The number of amides is 2. The highest BCUT2D eigenvalue weighted by Gasteiger charge is 2.62. The van der Waals surface area contributed by atoms with E-state index in [0.717, 1.165) is 25.7 Å². The SMILES string of the molecule is CC(C)(C)OC(=O)N1C(CCCNc2cccc(S(=O)NC(=O)c3ccc(-n4ccc(OCCC5(C(F)(F)F)CC5)n4)nc3Cl)n2)CCC1(C)C. The number of carbonyl (C=O) groups excluding carboxylic acids is 2. The summed E-state index contributed by atoms with van der Waals surface area (Å²) in [5, 5.41) is 7.34. The van der Waals surface area contributed by atoms with Crippen LogP contribution in [-0.4, -0.2) is 77.4 Å². The van der Waals surface area contributed by atoms with Crippen molar-refractivity contribution in [1.82, 2.24) is 29.4 Å². The van der Waals surface area contributed by atoms with Gasteiger partial charge in [-0.3, -0.25) is 9.52 Å². The van der Waals surface area contributed by atoms with Crippen LogP contribution in [0.2, 0.25) is 5.15 Å². The van der Waals surface area contributed by atoms with Gasteiger partial charge in [0.25, 0.3) is 5.91 Å². The molecule has 12 nitrogen and oxygen atoms in total.